The predicted molar refractivity (Wildman–Crippen MR) is 89.3 cm³/mol. The highest BCUT2D eigenvalue weighted by molar-refractivity contribution is 5.92. The highest BCUT2D eigenvalue weighted by Crippen LogP contribution is 2.16. The fraction of sp³-hybridized carbons (Fsp3) is 0.278. The van der Waals surface area contributed by atoms with Crippen LogP contribution in [0.5, 0.6) is 5.75 Å². The second-order valence-electron chi connectivity index (χ2n) is 4.94. The average Bonchev–Trinajstić information content (AvgIpc) is 2.55. The van der Waals surface area contributed by atoms with Crippen LogP contribution in [0.2, 0.25) is 0 Å². The number of benzene rings is 2. The summed E-state index contributed by atoms with van der Waals surface area (Å²) in [5.41, 5.74) is 2.04. The van der Waals surface area contributed by atoms with Crippen molar-refractivity contribution in [3.05, 3.63) is 60.2 Å². The van der Waals surface area contributed by atoms with Crippen molar-refractivity contribution < 1.29 is 9.53 Å². The molecule has 0 saturated heterocycles. The van der Waals surface area contributed by atoms with Crippen LogP contribution in [-0.4, -0.2) is 25.6 Å². The molecule has 4 heteroatoms. The Labute approximate surface area is 131 Å². The van der Waals surface area contributed by atoms with Gasteiger partial charge in [0.05, 0.1) is 13.2 Å². The minimum Gasteiger partial charge on any atom is -0.493 e. The van der Waals surface area contributed by atoms with E-state index in [1.54, 1.807) is 0 Å². The van der Waals surface area contributed by atoms with Crippen LogP contribution in [0.15, 0.2) is 54.6 Å². The molecule has 2 aromatic rings. The van der Waals surface area contributed by atoms with E-state index in [1.165, 1.54) is 5.56 Å². The van der Waals surface area contributed by atoms with Crippen molar-refractivity contribution in [1.82, 2.24) is 5.32 Å². The Morgan fingerprint density at radius 2 is 1.77 bits per heavy atom. The maximum absolute atomic E-state index is 11.6. The molecule has 116 valence electrons. The van der Waals surface area contributed by atoms with E-state index >= 15 is 0 Å². The first-order valence-corrected chi connectivity index (χ1v) is 7.55. The lowest BCUT2D eigenvalue weighted by molar-refractivity contribution is -0.115. The van der Waals surface area contributed by atoms with Crippen LogP contribution in [0.3, 0.4) is 0 Å². The molecular weight excluding hydrogens is 276 g/mol. The van der Waals surface area contributed by atoms with Crippen molar-refractivity contribution in [2.45, 2.75) is 13.3 Å². The van der Waals surface area contributed by atoms with Crippen molar-refractivity contribution in [3.8, 4) is 5.75 Å². The highest BCUT2D eigenvalue weighted by atomic mass is 16.5. The molecule has 0 atom stereocenters. The molecule has 1 amide bonds. The van der Waals surface area contributed by atoms with E-state index in [9.17, 15) is 4.79 Å². The summed E-state index contributed by atoms with van der Waals surface area (Å²) < 4.78 is 5.71. The Kier molecular flexibility index (Phi) is 6.45. The lowest BCUT2D eigenvalue weighted by Crippen LogP contribution is -2.27. The Morgan fingerprint density at radius 1 is 1.05 bits per heavy atom. The Balaban J connectivity index is 1.75. The van der Waals surface area contributed by atoms with E-state index in [2.05, 4.69) is 22.8 Å². The number of anilines is 1. The number of rotatable bonds is 8. The summed E-state index contributed by atoms with van der Waals surface area (Å²) in [5.74, 6) is 0.764. The molecule has 0 unspecified atom stereocenters. The largest absolute Gasteiger partial charge is 0.493 e. The van der Waals surface area contributed by atoms with Gasteiger partial charge in [0.25, 0.3) is 0 Å². The molecule has 0 radical (unpaired) electrons. The summed E-state index contributed by atoms with van der Waals surface area (Å²) in [4.78, 5) is 11.6. The number of likely N-dealkylation sites (N-methyl/N-ethyl adjacent to an activating group) is 1. The van der Waals surface area contributed by atoms with Crippen LogP contribution in [0.1, 0.15) is 12.5 Å². The van der Waals surface area contributed by atoms with Crippen molar-refractivity contribution in [1.29, 1.82) is 0 Å². The predicted octanol–water partition coefficient (Wildman–Crippen LogP) is 2.86. The minimum absolute atomic E-state index is 0.0420. The molecule has 0 bridgehead atoms. The lowest BCUT2D eigenvalue weighted by atomic mass is 10.2. The van der Waals surface area contributed by atoms with E-state index in [0.717, 1.165) is 24.4 Å². The fourth-order valence-electron chi connectivity index (χ4n) is 2.01. The van der Waals surface area contributed by atoms with Gasteiger partial charge in [-0.15, -0.1) is 0 Å². The van der Waals surface area contributed by atoms with Crippen molar-refractivity contribution >= 4 is 11.6 Å². The van der Waals surface area contributed by atoms with Gasteiger partial charge in [0.15, 0.2) is 0 Å². The van der Waals surface area contributed by atoms with Crippen LogP contribution in [0, 0.1) is 0 Å². The van der Waals surface area contributed by atoms with Crippen LogP contribution >= 0.6 is 0 Å². The highest BCUT2D eigenvalue weighted by Gasteiger charge is 2.01. The second-order valence-corrected chi connectivity index (χ2v) is 4.94. The molecule has 0 heterocycles. The Bertz CT molecular complexity index is 567. The van der Waals surface area contributed by atoms with E-state index in [1.807, 2.05) is 49.4 Å². The van der Waals surface area contributed by atoms with Gasteiger partial charge in [0.1, 0.15) is 5.75 Å². The van der Waals surface area contributed by atoms with Gasteiger partial charge >= 0.3 is 0 Å². The third kappa shape index (κ3) is 5.58. The van der Waals surface area contributed by atoms with Crippen LogP contribution < -0.4 is 15.4 Å². The van der Waals surface area contributed by atoms with Gasteiger partial charge in [-0.25, -0.2) is 0 Å². The van der Waals surface area contributed by atoms with Crippen LogP contribution in [-0.2, 0) is 11.2 Å². The van der Waals surface area contributed by atoms with Gasteiger partial charge in [-0.05, 0) is 36.4 Å². The first kappa shape index (κ1) is 16.0. The zero-order valence-corrected chi connectivity index (χ0v) is 12.8. The van der Waals surface area contributed by atoms with Crippen molar-refractivity contribution in [3.63, 3.8) is 0 Å². The molecule has 0 spiro atoms. The maximum Gasteiger partial charge on any atom is 0.238 e. The maximum atomic E-state index is 11.6. The standard InChI is InChI=1S/C18H22N2O2/c1-2-19-14-18(21)20-16-8-10-17(11-9-16)22-13-12-15-6-4-3-5-7-15/h3-11,19H,2,12-14H2,1H3,(H,20,21). The molecular formula is C18H22N2O2. The molecule has 0 aliphatic heterocycles. The molecule has 2 aromatic carbocycles. The van der Waals surface area contributed by atoms with Gasteiger partial charge in [-0.1, -0.05) is 37.3 Å². The third-order valence-electron chi connectivity index (χ3n) is 3.18. The molecule has 22 heavy (non-hydrogen) atoms. The van der Waals surface area contributed by atoms with E-state index in [4.69, 9.17) is 4.74 Å². The first-order chi connectivity index (χ1) is 10.8. The van der Waals surface area contributed by atoms with Gasteiger partial charge in [-0.2, -0.15) is 0 Å². The van der Waals surface area contributed by atoms with Crippen molar-refractivity contribution in [2.24, 2.45) is 0 Å². The smallest absolute Gasteiger partial charge is 0.238 e. The Morgan fingerprint density at radius 3 is 2.45 bits per heavy atom. The van der Waals surface area contributed by atoms with Gasteiger partial charge in [0.2, 0.25) is 5.91 Å². The first-order valence-electron chi connectivity index (χ1n) is 7.55. The number of carbonyl (C=O) groups is 1. The lowest BCUT2D eigenvalue weighted by Gasteiger charge is -2.08. The van der Waals surface area contributed by atoms with E-state index < -0.39 is 0 Å². The summed E-state index contributed by atoms with van der Waals surface area (Å²) in [7, 11) is 0. The fourth-order valence-corrected chi connectivity index (χ4v) is 2.01. The topological polar surface area (TPSA) is 50.4 Å². The molecule has 0 fully saturated rings. The zero-order chi connectivity index (χ0) is 15.6. The van der Waals surface area contributed by atoms with Gasteiger partial charge < -0.3 is 15.4 Å². The monoisotopic (exact) mass is 298 g/mol. The Hall–Kier alpha value is -2.33. The molecule has 0 aliphatic carbocycles. The van der Waals surface area contributed by atoms with E-state index in [0.29, 0.717) is 13.2 Å². The molecule has 0 aromatic heterocycles. The summed E-state index contributed by atoms with van der Waals surface area (Å²) >= 11 is 0. The third-order valence-corrected chi connectivity index (χ3v) is 3.18. The molecule has 2 rings (SSSR count). The number of hydrogen-bond acceptors (Lipinski definition) is 3. The number of hydrogen-bond donors (Lipinski definition) is 2. The summed E-state index contributed by atoms with van der Waals surface area (Å²) in [6.45, 7) is 3.71. The SMILES string of the molecule is CCNCC(=O)Nc1ccc(OCCc2ccccc2)cc1. The summed E-state index contributed by atoms with van der Waals surface area (Å²) in [6, 6.07) is 17.7. The molecule has 0 aliphatic rings. The summed E-state index contributed by atoms with van der Waals surface area (Å²) in [6.07, 6.45) is 0.877. The van der Waals surface area contributed by atoms with Crippen molar-refractivity contribution in [2.75, 3.05) is 25.0 Å². The quantitative estimate of drug-likeness (QED) is 0.788. The molecule has 2 N–H and O–H groups in total. The van der Waals surface area contributed by atoms with Crippen LogP contribution in [0.25, 0.3) is 0 Å². The molecule has 0 saturated carbocycles. The van der Waals surface area contributed by atoms with Crippen LogP contribution in [0.4, 0.5) is 5.69 Å². The number of nitrogens with one attached hydrogen (secondary N) is 2. The normalized spacial score (nSPS) is 10.2. The van der Waals surface area contributed by atoms with Gasteiger partial charge in [-0.3, -0.25) is 4.79 Å². The number of carbonyl (C=O) groups excluding carboxylic acids is 1. The molecule has 4 nitrogen and oxygen atoms in total. The number of ether oxygens (including phenoxy) is 1. The van der Waals surface area contributed by atoms with E-state index in [-0.39, 0.29) is 5.91 Å². The number of amides is 1. The van der Waals surface area contributed by atoms with Gasteiger partial charge in [0, 0.05) is 12.1 Å². The summed E-state index contributed by atoms with van der Waals surface area (Å²) in [5, 5.41) is 5.82. The zero-order valence-electron chi connectivity index (χ0n) is 12.8. The second kappa shape index (κ2) is 8.85. The minimum atomic E-state index is -0.0420. The average molecular weight is 298 g/mol.